The summed E-state index contributed by atoms with van der Waals surface area (Å²) >= 11 is 0. The van der Waals surface area contributed by atoms with Crippen molar-refractivity contribution in [3.8, 4) is 11.4 Å². The quantitative estimate of drug-likeness (QED) is 0.0868. The fourth-order valence-electron chi connectivity index (χ4n) is 5.76. The Morgan fingerprint density at radius 1 is 0.400 bits per heavy atom. The molecule has 298 valence electrons. The standard InChI is InChI=1S/2C18H15P.C12H8N2O4.CO.ClH.Ru/c2*1-4-10-16(11-5-1)19(17-12-6-2-7-13-17)18-14-8-3-9-15-18;15-11(16)7-1-3-13-9(5-7)10-6-8(12(17)18)2-4-14-10;1-2;;/h2*1-15H;1-6H,(H,15,16)(H,17,18);;1H;/q;;;;;+2/p-1. The molecule has 2 heterocycles. The molecule has 6 aromatic carbocycles. The van der Waals surface area contributed by atoms with E-state index < -0.39 is 27.8 Å². The van der Waals surface area contributed by atoms with Crippen molar-refractivity contribution < 1.29 is 56.3 Å². The Kier molecular flexibility index (Phi) is 21.2. The Labute approximate surface area is 371 Å². The Bertz CT molecular complexity index is 2130. The van der Waals surface area contributed by atoms with Gasteiger partial charge in [-0.05, 0) is 71.9 Å². The van der Waals surface area contributed by atoms with Crippen LogP contribution in [-0.2, 0) is 24.1 Å². The van der Waals surface area contributed by atoms with Crippen molar-refractivity contribution in [1.29, 1.82) is 0 Å². The number of aromatic carboxylic acids is 2. The van der Waals surface area contributed by atoms with E-state index >= 15 is 0 Å². The minimum atomic E-state index is -1.08. The summed E-state index contributed by atoms with van der Waals surface area (Å²) in [5, 5.41) is 26.1. The van der Waals surface area contributed by atoms with E-state index in [9.17, 15) is 9.59 Å². The summed E-state index contributed by atoms with van der Waals surface area (Å²) in [4.78, 5) is 29.6. The van der Waals surface area contributed by atoms with E-state index in [1.807, 2.05) is 0 Å². The van der Waals surface area contributed by atoms with E-state index in [1.165, 1.54) is 68.5 Å². The summed E-state index contributed by atoms with van der Waals surface area (Å²) in [6.07, 6.45) is 2.68. The third-order valence-electron chi connectivity index (χ3n) is 8.36. The van der Waals surface area contributed by atoms with Gasteiger partial charge in [0.1, 0.15) is 0 Å². The van der Waals surface area contributed by atoms with Gasteiger partial charge >= 0.3 is 42.7 Å². The molecule has 0 radical (unpaired) electrons. The summed E-state index contributed by atoms with van der Waals surface area (Å²) < 4.78 is 7.50. The monoisotopic (exact) mass is 933 g/mol. The molecule has 2 N–H and O–H groups in total. The number of aromatic nitrogens is 2. The molecule has 8 rings (SSSR count). The SMILES string of the molecule is O=C(O)c1ccnc(-c2cc(C(=O)O)ccn2)c1.[C-]#[O+].[Cl-].[Ru+2].c1ccc(P(c2ccccc2)c2ccccc2)cc1.c1ccc(P(c2ccccc2)c2ccccc2)cc1. The molecule has 0 aliphatic carbocycles. The second-order valence-electron chi connectivity index (χ2n) is 12.2. The first-order valence-electron chi connectivity index (χ1n) is 18.0. The Morgan fingerprint density at radius 2 is 0.600 bits per heavy atom. The molecule has 0 saturated carbocycles. The number of rotatable bonds is 9. The minimum absolute atomic E-state index is 0. The van der Waals surface area contributed by atoms with E-state index in [0.717, 1.165) is 0 Å². The van der Waals surface area contributed by atoms with Crippen molar-refractivity contribution in [2.24, 2.45) is 0 Å². The number of carbonyl (C=O) groups is 2. The maximum absolute atomic E-state index is 10.8. The van der Waals surface area contributed by atoms with Crippen LogP contribution in [-0.4, -0.2) is 32.1 Å². The number of hydrogen-bond donors (Lipinski definition) is 2. The molecule has 11 heteroatoms. The van der Waals surface area contributed by atoms with Gasteiger partial charge in [-0.25, -0.2) is 9.59 Å². The van der Waals surface area contributed by atoms with Gasteiger partial charge in [0.05, 0.1) is 22.5 Å². The number of benzene rings is 6. The largest absolute Gasteiger partial charge is 2.00 e. The van der Waals surface area contributed by atoms with Gasteiger partial charge < -0.3 is 22.6 Å². The summed E-state index contributed by atoms with van der Waals surface area (Å²) in [7, 11) is -0.892. The molecule has 0 unspecified atom stereocenters. The fourth-order valence-corrected chi connectivity index (χ4v) is 10.4. The van der Waals surface area contributed by atoms with Crippen LogP contribution in [0.15, 0.2) is 219 Å². The molecule has 0 fully saturated rings. The first-order valence-corrected chi connectivity index (χ1v) is 20.7. The summed E-state index contributed by atoms with van der Waals surface area (Å²) in [6.45, 7) is 4.50. The summed E-state index contributed by atoms with van der Waals surface area (Å²) in [6, 6.07) is 70.0. The zero-order chi connectivity index (χ0) is 41.0. The number of hydrogen-bond acceptors (Lipinski definition) is 4. The van der Waals surface area contributed by atoms with E-state index in [2.05, 4.69) is 199 Å². The van der Waals surface area contributed by atoms with Crippen molar-refractivity contribution in [2.45, 2.75) is 0 Å². The van der Waals surface area contributed by atoms with Gasteiger partial charge in [-0.2, -0.15) is 0 Å². The molecule has 0 aliphatic rings. The van der Waals surface area contributed by atoms with Gasteiger partial charge in [0.25, 0.3) is 0 Å². The van der Waals surface area contributed by atoms with Crippen LogP contribution in [0.4, 0.5) is 0 Å². The van der Waals surface area contributed by atoms with Crippen LogP contribution in [0.25, 0.3) is 11.4 Å². The minimum Gasteiger partial charge on any atom is -1.00 e. The number of pyridine rings is 2. The van der Waals surface area contributed by atoms with Gasteiger partial charge in [-0.15, -0.1) is 0 Å². The molecule has 2 aromatic heterocycles. The van der Waals surface area contributed by atoms with Crippen LogP contribution in [0, 0.1) is 6.65 Å². The van der Waals surface area contributed by atoms with Gasteiger partial charge in [0.15, 0.2) is 0 Å². The number of nitrogens with zero attached hydrogens (tertiary/aromatic N) is 2. The second-order valence-corrected chi connectivity index (χ2v) is 16.6. The smallest absolute Gasteiger partial charge is 1.00 e. The molecular formula is C49H38ClN2O5P2Ru+. The molecule has 0 atom stereocenters. The Balaban J connectivity index is 0.000000232. The van der Waals surface area contributed by atoms with Crippen LogP contribution in [0.1, 0.15) is 20.7 Å². The van der Waals surface area contributed by atoms with E-state index in [0.29, 0.717) is 11.4 Å². The van der Waals surface area contributed by atoms with E-state index in [1.54, 1.807) is 0 Å². The zero-order valence-corrected chi connectivity index (χ0v) is 36.2. The molecule has 0 saturated heterocycles. The molecule has 0 spiro atoms. The van der Waals surface area contributed by atoms with E-state index in [-0.39, 0.29) is 43.0 Å². The maximum Gasteiger partial charge on any atom is 2.00 e. The average Bonchev–Trinajstić information content (AvgIpc) is 3.30. The first-order chi connectivity index (χ1) is 28.5. The predicted octanol–water partition coefficient (Wildman–Crippen LogP) is 5.39. The Morgan fingerprint density at radius 3 is 0.783 bits per heavy atom. The fraction of sp³-hybridized carbons (Fsp3) is 0. The molecule has 7 nitrogen and oxygen atoms in total. The van der Waals surface area contributed by atoms with Gasteiger partial charge in [-0.1, -0.05) is 182 Å². The maximum atomic E-state index is 10.8. The molecule has 0 amide bonds. The van der Waals surface area contributed by atoms with Crippen molar-refractivity contribution in [3.63, 3.8) is 0 Å². The normalized spacial score (nSPS) is 9.73. The number of halogens is 1. The average molecular weight is 933 g/mol. The van der Waals surface area contributed by atoms with Crippen LogP contribution >= 0.6 is 15.8 Å². The summed E-state index contributed by atoms with van der Waals surface area (Å²) in [5.41, 5.74) is 0.779. The molecule has 0 aliphatic heterocycles. The molecule has 60 heavy (non-hydrogen) atoms. The number of carboxylic acids is 2. The summed E-state index contributed by atoms with van der Waals surface area (Å²) in [5.74, 6) is -2.15. The zero-order valence-electron chi connectivity index (χ0n) is 31.9. The van der Waals surface area contributed by atoms with Crippen molar-refractivity contribution in [3.05, 3.63) is 236 Å². The third kappa shape index (κ3) is 14.1. The predicted molar refractivity (Wildman–Crippen MR) is 236 cm³/mol. The van der Waals surface area contributed by atoms with Crippen LogP contribution < -0.4 is 44.2 Å². The van der Waals surface area contributed by atoms with Crippen LogP contribution in [0.3, 0.4) is 0 Å². The van der Waals surface area contributed by atoms with Gasteiger partial charge in [0.2, 0.25) is 0 Å². The van der Waals surface area contributed by atoms with E-state index in [4.69, 9.17) is 14.9 Å². The molecular weight excluding hydrogens is 895 g/mol. The van der Waals surface area contributed by atoms with Gasteiger partial charge in [-0.3, -0.25) is 9.97 Å². The first kappa shape index (κ1) is 48.4. The molecule has 8 aromatic rings. The molecule has 0 bridgehead atoms. The van der Waals surface area contributed by atoms with Crippen molar-refractivity contribution >= 4 is 59.6 Å². The van der Waals surface area contributed by atoms with Crippen molar-refractivity contribution in [2.75, 3.05) is 0 Å². The Hall–Kier alpha value is -5.93. The third-order valence-corrected chi connectivity index (χ3v) is 13.2. The number of carboxylic acid groups (broad SMARTS) is 2. The second kappa shape index (κ2) is 26.2. The van der Waals surface area contributed by atoms with Crippen LogP contribution in [0.5, 0.6) is 0 Å². The van der Waals surface area contributed by atoms with Gasteiger partial charge in [0, 0.05) is 12.4 Å². The van der Waals surface area contributed by atoms with Crippen LogP contribution in [0.2, 0.25) is 0 Å². The topological polar surface area (TPSA) is 120 Å². The van der Waals surface area contributed by atoms with Crippen molar-refractivity contribution in [1.82, 2.24) is 9.97 Å².